The van der Waals surface area contributed by atoms with Crippen molar-refractivity contribution >= 4 is 50.6 Å². The van der Waals surface area contributed by atoms with Crippen LogP contribution in [0.1, 0.15) is 31.8 Å². The van der Waals surface area contributed by atoms with E-state index in [1.54, 1.807) is 11.3 Å². The Bertz CT molecular complexity index is 942. The summed E-state index contributed by atoms with van der Waals surface area (Å²) in [5, 5.41) is 4.58. The monoisotopic (exact) mass is 407 g/mol. The average molecular weight is 408 g/mol. The zero-order chi connectivity index (χ0) is 18.7. The molecule has 0 fully saturated rings. The molecule has 0 saturated carbocycles. The summed E-state index contributed by atoms with van der Waals surface area (Å²) in [5.41, 5.74) is 0.828. The molecule has 138 valence electrons. The molecule has 3 aromatic heterocycles. The molecule has 3 aromatic rings. The molecule has 5 nitrogen and oxygen atoms in total. The fraction of sp³-hybridized carbons (Fsp3) is 0.389. The van der Waals surface area contributed by atoms with Crippen LogP contribution in [-0.4, -0.2) is 39.6 Å². The number of fused-ring (bicyclic) bond motifs is 1. The molecule has 0 saturated heterocycles. The van der Waals surface area contributed by atoms with Gasteiger partial charge < -0.3 is 9.88 Å². The Labute approximate surface area is 164 Å². The van der Waals surface area contributed by atoms with Gasteiger partial charge in [-0.2, -0.15) is 0 Å². The van der Waals surface area contributed by atoms with Crippen molar-refractivity contribution in [2.75, 3.05) is 18.8 Å². The number of thioether (sulfide) groups is 1. The fourth-order valence-corrected chi connectivity index (χ4v) is 5.33. The maximum Gasteiger partial charge on any atom is 0.260 e. The van der Waals surface area contributed by atoms with E-state index in [9.17, 15) is 9.59 Å². The topological polar surface area (TPSA) is 66.1 Å². The van der Waals surface area contributed by atoms with Crippen molar-refractivity contribution in [2.24, 2.45) is 0 Å². The van der Waals surface area contributed by atoms with Gasteiger partial charge in [0.05, 0.1) is 16.4 Å². The van der Waals surface area contributed by atoms with Crippen molar-refractivity contribution in [2.45, 2.75) is 26.0 Å². The highest BCUT2D eigenvalue weighted by atomic mass is 32.2. The van der Waals surface area contributed by atoms with E-state index in [-0.39, 0.29) is 16.7 Å². The Morgan fingerprint density at radius 3 is 2.77 bits per heavy atom. The van der Waals surface area contributed by atoms with Crippen molar-refractivity contribution in [1.29, 1.82) is 0 Å². The number of nitrogens with zero attached hydrogens (tertiary/aromatic N) is 2. The Hall–Kier alpha value is -1.64. The van der Waals surface area contributed by atoms with Gasteiger partial charge in [0.2, 0.25) is 5.91 Å². The number of nitrogens with one attached hydrogen (secondary N) is 1. The molecular weight excluding hydrogens is 386 g/mol. The van der Waals surface area contributed by atoms with Gasteiger partial charge in [-0.3, -0.25) is 9.59 Å². The Morgan fingerprint density at radius 2 is 2.12 bits per heavy atom. The van der Waals surface area contributed by atoms with Crippen LogP contribution in [0.4, 0.5) is 0 Å². The Kier molecular flexibility index (Phi) is 6.16. The summed E-state index contributed by atoms with van der Waals surface area (Å²) in [6.45, 7) is 7.35. The lowest BCUT2D eigenvalue weighted by molar-refractivity contribution is -0.127. The number of aromatic amines is 1. The maximum absolute atomic E-state index is 12.7. The first-order valence-electron chi connectivity index (χ1n) is 8.49. The second-order valence-corrected chi connectivity index (χ2v) is 8.91. The van der Waals surface area contributed by atoms with Crippen LogP contribution in [0.25, 0.3) is 20.7 Å². The minimum absolute atomic E-state index is 0.0566. The first kappa shape index (κ1) is 19.1. The van der Waals surface area contributed by atoms with Crippen LogP contribution in [0.15, 0.2) is 27.7 Å². The predicted octanol–water partition coefficient (Wildman–Crippen LogP) is 4.38. The zero-order valence-electron chi connectivity index (χ0n) is 14.9. The number of carbonyl (C=O) groups excluding carboxylic acids is 1. The predicted molar refractivity (Wildman–Crippen MR) is 112 cm³/mol. The minimum Gasteiger partial charge on any atom is -0.343 e. The van der Waals surface area contributed by atoms with E-state index in [0.717, 1.165) is 15.3 Å². The fourth-order valence-electron chi connectivity index (χ4n) is 2.71. The molecule has 0 radical (unpaired) electrons. The number of aromatic nitrogens is 2. The molecule has 3 heterocycles. The van der Waals surface area contributed by atoms with Crippen molar-refractivity contribution in [3.8, 4) is 10.4 Å². The molecule has 0 aliphatic carbocycles. The van der Waals surface area contributed by atoms with Gasteiger partial charge in [0.15, 0.2) is 0 Å². The van der Waals surface area contributed by atoms with Crippen LogP contribution in [0, 0.1) is 0 Å². The molecular formula is C18H21N3O2S3. The van der Waals surface area contributed by atoms with Crippen molar-refractivity contribution in [3.05, 3.63) is 39.1 Å². The second kappa shape index (κ2) is 8.37. The largest absolute Gasteiger partial charge is 0.343 e. The molecule has 1 N–H and O–H groups in total. The first-order valence-corrected chi connectivity index (χ1v) is 11.3. The number of rotatable bonds is 7. The second-order valence-electron chi connectivity index (χ2n) is 5.78. The number of amides is 1. The summed E-state index contributed by atoms with van der Waals surface area (Å²) < 4.78 is 0. The molecule has 0 bridgehead atoms. The van der Waals surface area contributed by atoms with Gasteiger partial charge in [0.25, 0.3) is 5.56 Å². The molecule has 0 aliphatic rings. The van der Waals surface area contributed by atoms with E-state index in [0.29, 0.717) is 30.1 Å². The van der Waals surface area contributed by atoms with E-state index in [4.69, 9.17) is 0 Å². The zero-order valence-corrected chi connectivity index (χ0v) is 17.4. The van der Waals surface area contributed by atoms with Gasteiger partial charge in [0, 0.05) is 28.9 Å². The van der Waals surface area contributed by atoms with Crippen LogP contribution in [0.3, 0.4) is 0 Å². The molecule has 0 spiro atoms. The SMILES string of the molecule is CCN(CC)C(=O)CSC(C)c1nc2scc(-c3cccs3)c2c(=O)[nH]1. The van der Waals surface area contributed by atoms with E-state index < -0.39 is 0 Å². The summed E-state index contributed by atoms with van der Waals surface area (Å²) in [4.78, 5) is 36.0. The molecule has 26 heavy (non-hydrogen) atoms. The lowest BCUT2D eigenvalue weighted by atomic mass is 10.2. The molecule has 1 unspecified atom stereocenters. The summed E-state index contributed by atoms with van der Waals surface area (Å²) in [6.07, 6.45) is 0. The Balaban J connectivity index is 1.81. The summed E-state index contributed by atoms with van der Waals surface area (Å²) >= 11 is 4.60. The maximum atomic E-state index is 12.7. The van der Waals surface area contributed by atoms with Crippen molar-refractivity contribution in [1.82, 2.24) is 14.9 Å². The van der Waals surface area contributed by atoms with Gasteiger partial charge in [-0.25, -0.2) is 4.98 Å². The number of hydrogen-bond acceptors (Lipinski definition) is 6. The lowest BCUT2D eigenvalue weighted by Crippen LogP contribution is -2.32. The van der Waals surface area contributed by atoms with Crippen molar-refractivity contribution in [3.63, 3.8) is 0 Å². The smallest absolute Gasteiger partial charge is 0.260 e. The quantitative estimate of drug-likeness (QED) is 0.631. The van der Waals surface area contributed by atoms with Crippen LogP contribution in [0.2, 0.25) is 0 Å². The Morgan fingerprint density at radius 1 is 1.35 bits per heavy atom. The average Bonchev–Trinajstić information content (AvgIpc) is 3.29. The summed E-state index contributed by atoms with van der Waals surface area (Å²) in [7, 11) is 0. The molecule has 1 amide bonds. The minimum atomic E-state index is -0.114. The van der Waals surface area contributed by atoms with E-state index in [1.807, 2.05) is 48.6 Å². The van der Waals surface area contributed by atoms with E-state index >= 15 is 0 Å². The van der Waals surface area contributed by atoms with Crippen LogP contribution in [0.5, 0.6) is 0 Å². The van der Waals surface area contributed by atoms with Crippen molar-refractivity contribution < 1.29 is 4.79 Å². The molecule has 0 aliphatic heterocycles. The summed E-state index contributed by atoms with van der Waals surface area (Å²) in [6, 6.07) is 3.99. The van der Waals surface area contributed by atoms with E-state index in [1.165, 1.54) is 23.1 Å². The van der Waals surface area contributed by atoms with Gasteiger partial charge >= 0.3 is 0 Å². The van der Waals surface area contributed by atoms with Gasteiger partial charge in [-0.15, -0.1) is 34.4 Å². The van der Waals surface area contributed by atoms with E-state index in [2.05, 4.69) is 9.97 Å². The first-order chi connectivity index (χ1) is 12.5. The number of thiophene rings is 2. The number of carbonyl (C=O) groups is 1. The number of H-pyrrole nitrogens is 1. The standard InChI is InChI=1S/C18H21N3O2S3/c1-4-21(5-2)14(22)10-25-11(3)16-19-17(23)15-12(9-26-18(15)20-16)13-7-6-8-24-13/h6-9,11H,4-5,10H2,1-3H3,(H,19,20,23). The number of hydrogen-bond donors (Lipinski definition) is 1. The normalized spacial score (nSPS) is 12.4. The highest BCUT2D eigenvalue weighted by molar-refractivity contribution is 8.00. The molecule has 8 heteroatoms. The highest BCUT2D eigenvalue weighted by Crippen LogP contribution is 2.34. The summed E-state index contributed by atoms with van der Waals surface area (Å²) in [5.74, 6) is 1.13. The van der Waals surface area contributed by atoms with Crippen LogP contribution in [-0.2, 0) is 4.79 Å². The van der Waals surface area contributed by atoms with Crippen LogP contribution >= 0.6 is 34.4 Å². The lowest BCUT2D eigenvalue weighted by Gasteiger charge is -2.19. The van der Waals surface area contributed by atoms with Crippen LogP contribution < -0.4 is 5.56 Å². The van der Waals surface area contributed by atoms with Gasteiger partial charge in [0.1, 0.15) is 10.7 Å². The molecule has 3 rings (SSSR count). The highest BCUT2D eigenvalue weighted by Gasteiger charge is 2.18. The third kappa shape index (κ3) is 3.87. The third-order valence-electron chi connectivity index (χ3n) is 4.21. The van der Waals surface area contributed by atoms with Gasteiger partial charge in [-0.1, -0.05) is 6.07 Å². The van der Waals surface area contributed by atoms with Gasteiger partial charge in [-0.05, 0) is 32.2 Å². The molecule has 1 atom stereocenters. The molecule has 0 aromatic carbocycles. The third-order valence-corrected chi connectivity index (χ3v) is 7.12.